The van der Waals surface area contributed by atoms with E-state index in [1.54, 1.807) is 0 Å². The van der Waals surface area contributed by atoms with Crippen LogP contribution in [-0.4, -0.2) is 36.5 Å². The molecule has 1 aliphatic carbocycles. The zero-order valence-electron chi connectivity index (χ0n) is 13.3. The van der Waals surface area contributed by atoms with Crippen LogP contribution in [0.25, 0.3) is 0 Å². The number of piperidine rings is 1. The van der Waals surface area contributed by atoms with Crippen molar-refractivity contribution in [3.63, 3.8) is 0 Å². The van der Waals surface area contributed by atoms with Crippen molar-refractivity contribution >= 4 is 17.3 Å². The molecule has 2 heterocycles. The Labute approximate surface area is 137 Å². The third-order valence-electron chi connectivity index (χ3n) is 4.79. The Morgan fingerprint density at radius 2 is 2.18 bits per heavy atom. The van der Waals surface area contributed by atoms with Crippen LogP contribution in [0.4, 0.5) is 0 Å². The highest BCUT2D eigenvalue weighted by Crippen LogP contribution is 2.21. The molecule has 0 aromatic carbocycles. The van der Waals surface area contributed by atoms with Crippen molar-refractivity contribution < 1.29 is 0 Å². The van der Waals surface area contributed by atoms with E-state index in [9.17, 15) is 0 Å². The summed E-state index contributed by atoms with van der Waals surface area (Å²) in [4.78, 5) is 8.63. The molecule has 1 atom stereocenters. The van der Waals surface area contributed by atoms with Gasteiger partial charge in [0.15, 0.2) is 5.96 Å². The molecule has 0 radical (unpaired) electrons. The Kier molecular flexibility index (Phi) is 5.73. The molecule has 0 bridgehead atoms. The monoisotopic (exact) mass is 320 g/mol. The van der Waals surface area contributed by atoms with E-state index < -0.39 is 0 Å². The van der Waals surface area contributed by atoms with Crippen molar-refractivity contribution in [3.05, 3.63) is 22.4 Å². The maximum absolute atomic E-state index is 6.04. The van der Waals surface area contributed by atoms with Crippen LogP contribution < -0.4 is 11.1 Å². The largest absolute Gasteiger partial charge is 0.370 e. The van der Waals surface area contributed by atoms with Gasteiger partial charge < -0.3 is 11.1 Å². The Bertz CT molecular complexity index is 465. The highest BCUT2D eigenvalue weighted by molar-refractivity contribution is 7.09. The molecule has 0 amide bonds. The molecule has 122 valence electrons. The minimum absolute atomic E-state index is 0.561. The maximum atomic E-state index is 6.04. The predicted molar refractivity (Wildman–Crippen MR) is 94.2 cm³/mol. The predicted octanol–water partition coefficient (Wildman–Crippen LogP) is 2.81. The van der Waals surface area contributed by atoms with Gasteiger partial charge in [0.2, 0.25) is 0 Å². The molecule has 1 unspecified atom stereocenters. The van der Waals surface area contributed by atoms with Crippen molar-refractivity contribution in [2.75, 3.05) is 19.6 Å². The van der Waals surface area contributed by atoms with E-state index in [4.69, 9.17) is 5.73 Å². The average Bonchev–Trinajstić information content (AvgIpc) is 3.19. The van der Waals surface area contributed by atoms with Crippen LogP contribution in [0.3, 0.4) is 0 Å². The summed E-state index contributed by atoms with van der Waals surface area (Å²) in [6.07, 6.45) is 7.70. The summed E-state index contributed by atoms with van der Waals surface area (Å²) in [6.45, 7) is 4.33. The second-order valence-corrected chi connectivity index (χ2v) is 7.71. The Balaban J connectivity index is 1.43. The fourth-order valence-corrected chi connectivity index (χ4v) is 4.37. The number of hydrogen-bond acceptors (Lipinski definition) is 3. The molecule has 3 N–H and O–H groups in total. The molecular formula is C17H28N4S. The topological polar surface area (TPSA) is 53.6 Å². The lowest BCUT2D eigenvalue weighted by Crippen LogP contribution is -2.40. The van der Waals surface area contributed by atoms with Crippen molar-refractivity contribution in [1.82, 2.24) is 10.2 Å². The van der Waals surface area contributed by atoms with E-state index in [0.29, 0.717) is 17.9 Å². The molecule has 0 spiro atoms. The first kappa shape index (κ1) is 15.8. The van der Waals surface area contributed by atoms with Crippen molar-refractivity contribution in [2.45, 2.75) is 51.1 Å². The Morgan fingerprint density at radius 3 is 2.95 bits per heavy atom. The number of rotatable bonds is 5. The number of aliphatic imine (C=N–C) groups is 1. The normalized spacial score (nSPS) is 24.7. The number of hydrogen-bond donors (Lipinski definition) is 2. The van der Waals surface area contributed by atoms with Crippen LogP contribution in [0.15, 0.2) is 22.5 Å². The van der Waals surface area contributed by atoms with E-state index in [1.165, 1.54) is 49.9 Å². The van der Waals surface area contributed by atoms with E-state index in [0.717, 1.165) is 19.6 Å². The molecule has 1 aromatic rings. The first-order chi connectivity index (χ1) is 10.8. The SMILES string of the molecule is NC(=NCC1CCCN(Cc2cccs2)C1)NC1CCCC1. The van der Waals surface area contributed by atoms with Gasteiger partial charge in [-0.05, 0) is 49.6 Å². The number of nitrogens with two attached hydrogens (primary N) is 1. The highest BCUT2D eigenvalue weighted by Gasteiger charge is 2.20. The van der Waals surface area contributed by atoms with E-state index in [-0.39, 0.29) is 0 Å². The fraction of sp³-hybridized carbons (Fsp3) is 0.706. The quantitative estimate of drug-likeness (QED) is 0.648. The van der Waals surface area contributed by atoms with Gasteiger partial charge >= 0.3 is 0 Å². The lowest BCUT2D eigenvalue weighted by molar-refractivity contribution is 0.172. The number of likely N-dealkylation sites (tertiary alicyclic amines) is 1. The Hall–Kier alpha value is -1.07. The molecule has 2 aliphatic rings. The minimum Gasteiger partial charge on any atom is -0.370 e. The smallest absolute Gasteiger partial charge is 0.188 e. The lowest BCUT2D eigenvalue weighted by Gasteiger charge is -2.31. The van der Waals surface area contributed by atoms with Gasteiger partial charge in [-0.25, -0.2) is 0 Å². The molecule has 3 rings (SSSR count). The van der Waals surface area contributed by atoms with Crippen LogP contribution in [0.5, 0.6) is 0 Å². The summed E-state index contributed by atoms with van der Waals surface area (Å²) in [5, 5.41) is 5.54. The van der Waals surface area contributed by atoms with E-state index in [1.807, 2.05) is 11.3 Å². The van der Waals surface area contributed by atoms with Gasteiger partial charge in [-0.1, -0.05) is 18.9 Å². The van der Waals surface area contributed by atoms with Gasteiger partial charge in [-0.3, -0.25) is 9.89 Å². The first-order valence-corrected chi connectivity index (χ1v) is 9.49. The average molecular weight is 321 g/mol. The van der Waals surface area contributed by atoms with Crippen LogP contribution in [0.1, 0.15) is 43.4 Å². The number of nitrogens with one attached hydrogen (secondary N) is 1. The van der Waals surface area contributed by atoms with Gasteiger partial charge in [-0.2, -0.15) is 0 Å². The first-order valence-electron chi connectivity index (χ1n) is 8.61. The molecule has 5 heteroatoms. The van der Waals surface area contributed by atoms with Gasteiger partial charge in [0.25, 0.3) is 0 Å². The fourth-order valence-electron chi connectivity index (χ4n) is 3.62. The summed E-state index contributed by atoms with van der Waals surface area (Å²) in [7, 11) is 0. The van der Waals surface area contributed by atoms with Gasteiger partial charge in [-0.15, -0.1) is 11.3 Å². The molecule has 1 saturated carbocycles. The summed E-state index contributed by atoms with van der Waals surface area (Å²) in [6, 6.07) is 4.93. The minimum atomic E-state index is 0.561. The molecule has 1 aromatic heterocycles. The van der Waals surface area contributed by atoms with Gasteiger partial charge in [0.05, 0.1) is 0 Å². The van der Waals surface area contributed by atoms with Crippen LogP contribution in [0, 0.1) is 5.92 Å². The molecular weight excluding hydrogens is 292 g/mol. The van der Waals surface area contributed by atoms with Gasteiger partial charge in [0.1, 0.15) is 0 Å². The molecule has 4 nitrogen and oxygen atoms in total. The number of thiophene rings is 1. The molecule has 1 aliphatic heterocycles. The third-order valence-corrected chi connectivity index (χ3v) is 5.65. The number of nitrogens with zero attached hydrogens (tertiary/aromatic N) is 2. The van der Waals surface area contributed by atoms with Gasteiger partial charge in [0, 0.05) is 30.6 Å². The highest BCUT2D eigenvalue weighted by atomic mass is 32.1. The Morgan fingerprint density at radius 1 is 1.32 bits per heavy atom. The van der Waals surface area contributed by atoms with Crippen molar-refractivity contribution in [3.8, 4) is 0 Å². The summed E-state index contributed by atoms with van der Waals surface area (Å²) in [5.74, 6) is 1.31. The zero-order valence-corrected chi connectivity index (χ0v) is 14.2. The van der Waals surface area contributed by atoms with Crippen molar-refractivity contribution in [1.29, 1.82) is 0 Å². The summed E-state index contributed by atoms with van der Waals surface area (Å²) < 4.78 is 0. The molecule has 1 saturated heterocycles. The van der Waals surface area contributed by atoms with E-state index >= 15 is 0 Å². The lowest BCUT2D eigenvalue weighted by atomic mass is 9.98. The molecule has 22 heavy (non-hydrogen) atoms. The molecule has 2 fully saturated rings. The van der Waals surface area contributed by atoms with E-state index in [2.05, 4.69) is 32.7 Å². The summed E-state index contributed by atoms with van der Waals surface area (Å²) in [5.41, 5.74) is 6.04. The second kappa shape index (κ2) is 7.97. The van der Waals surface area contributed by atoms with Crippen molar-refractivity contribution in [2.24, 2.45) is 16.6 Å². The third kappa shape index (κ3) is 4.71. The second-order valence-electron chi connectivity index (χ2n) is 6.67. The van der Waals surface area contributed by atoms with Crippen LogP contribution >= 0.6 is 11.3 Å². The van der Waals surface area contributed by atoms with Crippen LogP contribution in [0.2, 0.25) is 0 Å². The zero-order chi connectivity index (χ0) is 15.2. The number of guanidine groups is 1. The van der Waals surface area contributed by atoms with Crippen LogP contribution in [-0.2, 0) is 6.54 Å². The standard InChI is InChI=1S/C17H28N4S/c18-17(20-15-6-1-2-7-15)19-11-14-5-3-9-21(12-14)13-16-8-4-10-22-16/h4,8,10,14-15H,1-3,5-7,9,11-13H2,(H3,18,19,20). The maximum Gasteiger partial charge on any atom is 0.188 e. The summed E-state index contributed by atoms with van der Waals surface area (Å²) >= 11 is 1.85.